The number of aryl methyl sites for hydroxylation is 4. The van der Waals surface area contributed by atoms with Gasteiger partial charge in [-0.05, 0) is 251 Å². The van der Waals surface area contributed by atoms with Gasteiger partial charge in [-0.25, -0.2) is 39.2 Å². The number of carbonyl (C=O) groups is 5. The lowest BCUT2D eigenvalue weighted by atomic mass is 9.87. The number of hydrogen-bond donors (Lipinski definition) is 5. The van der Waals surface area contributed by atoms with E-state index in [1.807, 2.05) is 47.6 Å². The number of nitrogens with zero attached hydrogens (tertiary/aromatic N) is 10. The lowest BCUT2D eigenvalue weighted by Gasteiger charge is -2.29. The Hall–Kier alpha value is -11.0. The molecular weight excluding hydrogens is 1810 g/mol. The number of nitrogens with one attached hydrogen (secondary N) is 3. The minimum Gasteiger partial charge on any atom is -0.508 e. The fourth-order valence-electron chi connectivity index (χ4n) is 18.1. The second-order valence-corrected chi connectivity index (χ2v) is 45.2. The molecule has 2 aliphatic carbocycles. The third-order valence-corrected chi connectivity index (χ3v) is 32.2. The van der Waals surface area contributed by atoms with E-state index >= 15 is 0 Å². The summed E-state index contributed by atoms with van der Waals surface area (Å²) in [7, 11) is -6.81. The van der Waals surface area contributed by atoms with Crippen molar-refractivity contribution in [3.63, 3.8) is 0 Å². The minimum absolute atomic E-state index is 0.0410. The summed E-state index contributed by atoms with van der Waals surface area (Å²) in [4.78, 5) is 81.1. The average Bonchev–Trinajstić information content (AvgIpc) is 1.34. The van der Waals surface area contributed by atoms with Crippen LogP contribution in [0, 0.1) is 98.0 Å². The van der Waals surface area contributed by atoms with Crippen molar-refractivity contribution in [2.75, 3.05) is 80.3 Å². The number of aromatic hydroxyl groups is 2. The summed E-state index contributed by atoms with van der Waals surface area (Å²) in [6, 6.07) is 25.5. The third kappa shape index (κ3) is 32.1. The SMILES string of the molecule is C=S1(=O)CCC(CCN(Cc2c(F)cccc2F)C(=O)C2=CC(C)=NC2)CC1.C=S1(=O)CCC(CCN(Cc2ccc(O)cc2F)C(=O)c2cc(C)[nH]n2)CC1.CC1=NCC(C(=O)N(CCC2CCCCC2)Cc2c(F)cccc2F)=C1.Cc1cc(C(=O)N(CCC2CCCCC2)Cc2ccc(O)cc2F)n[nH]1.Cc1cc(C(=O)N(CCC2CCS(=O)(=O)CC2)Cc2c(C)cccc2F)n[nH]1. The maximum atomic E-state index is 14.3. The monoisotopic (exact) mass is 1940 g/mol. The highest BCUT2D eigenvalue weighted by Gasteiger charge is 2.33. The number of phenols is 2. The van der Waals surface area contributed by atoms with Crippen molar-refractivity contribution in [1.29, 1.82) is 0 Å². The Morgan fingerprint density at radius 3 is 0.941 bits per heavy atom. The number of halogens is 7. The van der Waals surface area contributed by atoms with E-state index < -0.39 is 63.8 Å². The van der Waals surface area contributed by atoms with Crippen molar-refractivity contribution >= 4 is 81.6 Å². The highest BCUT2D eigenvalue weighted by Crippen LogP contribution is 2.34. The van der Waals surface area contributed by atoms with E-state index in [4.69, 9.17) is 0 Å². The van der Waals surface area contributed by atoms with Gasteiger partial charge in [-0.3, -0.25) is 57.7 Å². The first-order chi connectivity index (χ1) is 64.8. The van der Waals surface area contributed by atoms with Crippen molar-refractivity contribution in [3.8, 4) is 11.5 Å². The molecule has 2 saturated carbocycles. The number of rotatable bonds is 30. The molecule has 0 spiro atoms. The Balaban J connectivity index is 0.000000163. The Bertz CT molecular complexity index is 5860. The maximum Gasteiger partial charge on any atom is 0.274 e. The van der Waals surface area contributed by atoms with Crippen LogP contribution in [0.1, 0.15) is 231 Å². The van der Waals surface area contributed by atoms with Gasteiger partial charge in [0.2, 0.25) is 0 Å². The van der Waals surface area contributed by atoms with E-state index in [0.717, 1.165) is 91.1 Å². The van der Waals surface area contributed by atoms with Crippen LogP contribution in [0.25, 0.3) is 0 Å². The molecule has 3 aromatic heterocycles. The van der Waals surface area contributed by atoms with Crippen LogP contribution in [0.3, 0.4) is 0 Å². The van der Waals surface area contributed by atoms with Crippen LogP contribution in [0.5, 0.6) is 11.5 Å². The second-order valence-electron chi connectivity index (χ2n) is 37.4. The van der Waals surface area contributed by atoms with Crippen molar-refractivity contribution < 1.29 is 81.8 Å². The lowest BCUT2D eigenvalue weighted by Crippen LogP contribution is -2.35. The summed E-state index contributed by atoms with van der Waals surface area (Å²) >= 11 is 0. The number of amides is 5. The first-order valence-corrected chi connectivity index (χ1v) is 53.1. The molecule has 24 nitrogen and oxygen atoms in total. The molecule has 0 radical (unpaired) electrons. The van der Waals surface area contributed by atoms with Gasteiger partial charge in [0, 0.05) is 155 Å². The molecule has 0 unspecified atom stereocenters. The number of phenolic OH excluding ortho intramolecular Hbond substituents is 2. The molecule has 736 valence electrons. The molecule has 5 amide bonds. The van der Waals surface area contributed by atoms with Gasteiger partial charge in [-0.1, -0.05) is 101 Å². The molecule has 5 aromatic carbocycles. The van der Waals surface area contributed by atoms with Crippen molar-refractivity contribution in [2.24, 2.45) is 39.6 Å². The van der Waals surface area contributed by atoms with E-state index in [0.29, 0.717) is 163 Å². The summed E-state index contributed by atoms with van der Waals surface area (Å²) in [6.07, 6.45) is 24.3. The van der Waals surface area contributed by atoms with E-state index in [1.54, 1.807) is 56.0 Å². The Kier molecular flexibility index (Phi) is 38.7. The number of sulfone groups is 1. The normalized spacial score (nSPS) is 19.4. The van der Waals surface area contributed by atoms with Crippen LogP contribution in [0.4, 0.5) is 30.7 Å². The molecule has 3 saturated heterocycles. The number of benzene rings is 5. The van der Waals surface area contributed by atoms with Gasteiger partial charge in [0.05, 0.1) is 37.7 Å². The zero-order valence-corrected chi connectivity index (χ0v) is 81.3. The molecule has 8 aromatic rings. The molecule has 15 rings (SSSR count). The zero-order chi connectivity index (χ0) is 98.0. The van der Waals surface area contributed by atoms with Gasteiger partial charge < -0.3 is 34.7 Å². The van der Waals surface area contributed by atoms with Crippen molar-refractivity contribution in [2.45, 2.75) is 209 Å². The first kappa shape index (κ1) is 105. The van der Waals surface area contributed by atoms with Crippen molar-refractivity contribution in [1.82, 2.24) is 55.1 Å². The Morgan fingerprint density at radius 1 is 0.360 bits per heavy atom. The number of H-pyrrole nitrogens is 3. The zero-order valence-electron chi connectivity index (χ0n) is 78.8. The summed E-state index contributed by atoms with van der Waals surface area (Å²) in [5.74, 6) is 7.34. The van der Waals surface area contributed by atoms with Gasteiger partial charge >= 0.3 is 0 Å². The fourth-order valence-corrected chi connectivity index (χ4v) is 23.2. The summed E-state index contributed by atoms with van der Waals surface area (Å²) < 4.78 is 146. The first-order valence-electron chi connectivity index (χ1n) is 47.2. The molecule has 7 aliphatic rings. The minimum atomic E-state index is -2.91. The van der Waals surface area contributed by atoms with Gasteiger partial charge in [-0.15, -0.1) is 0 Å². The fraction of sp³-hybridized carbons (Fsp3) is 0.490. The van der Waals surface area contributed by atoms with E-state index in [9.17, 15) is 81.8 Å². The van der Waals surface area contributed by atoms with Crippen LogP contribution in [0.15, 0.2) is 142 Å². The molecule has 136 heavy (non-hydrogen) atoms. The van der Waals surface area contributed by atoms with Gasteiger partial charge in [0.15, 0.2) is 0 Å². The molecule has 8 heterocycles. The quantitative estimate of drug-likeness (QED) is 0.0206. The lowest BCUT2D eigenvalue weighted by molar-refractivity contribution is -0.128. The maximum absolute atomic E-state index is 14.3. The molecule has 0 bridgehead atoms. The number of hydrogen-bond acceptors (Lipinski definition) is 16. The van der Waals surface area contributed by atoms with Crippen LogP contribution in [-0.2, 0) is 71.2 Å². The third-order valence-electron chi connectivity index (χ3n) is 26.6. The van der Waals surface area contributed by atoms with Crippen molar-refractivity contribution in [3.05, 3.63) is 241 Å². The largest absolute Gasteiger partial charge is 0.508 e. The summed E-state index contributed by atoms with van der Waals surface area (Å²) in [5.41, 5.74) is 7.93. The van der Waals surface area contributed by atoms with Gasteiger partial charge in [0.25, 0.3) is 29.5 Å². The number of carbonyl (C=O) groups excluding carboxylic acids is 5. The van der Waals surface area contributed by atoms with Gasteiger partial charge in [0.1, 0.15) is 79.1 Å². The highest BCUT2D eigenvalue weighted by atomic mass is 32.2. The number of allylic oxidation sites excluding steroid dienone is 2. The van der Waals surface area contributed by atoms with Gasteiger partial charge in [-0.2, -0.15) is 15.3 Å². The van der Waals surface area contributed by atoms with E-state index in [1.165, 1.54) is 136 Å². The number of aliphatic imine (C=N–C) groups is 2. The summed E-state index contributed by atoms with van der Waals surface area (Å²) in [5, 5.41) is 39.3. The standard InChI is InChI=1S/C21H26F2N2O2S.C21H26F2N2O.2C20H26FN3O3S.C20H26FN3O2/c1-15-12-17(13-24-15)21(26)25(14-18-19(22)4-3-5-20(18)23)9-6-16-7-10-28(2,27)11-8-16;1-15-12-17(13-24-15)21(26)25(11-10-16-6-3-2-4-7-16)14-18-19(22)8-5-9-20(18)23;1-14-11-19(23-22-14)20(26)24(13-16-3-4-17(25)12-18(16)21)8-5-15-6-9-28(2,27)10-7-15;1-14-4-3-5-18(21)17(14)13-24(20(25)19-12-15(2)22-23-19)9-6-16-7-10-28(26,27)11-8-16;1-14-11-19(23-22-14)20(26)24(10-9-15-5-3-2-4-6-15)13-16-7-8-17(25)12-18(16)21/h3-5,12,16H,2,6-11,13-14H2,1H3;5,8-9,12,16H,2-4,6-7,10-11,13-14H2,1H3;3-4,11-12,15,25H,2,5-10,13H2,1H3,(H,22,23);3-5,12,16H,6-11,13H2,1-2H3,(H,22,23);7-8,11-12,15,25H,2-6,9-10,13H2,1H3,(H,22,23). The molecule has 5 N–H and O–H groups in total. The highest BCUT2D eigenvalue weighted by molar-refractivity contribution is 8.00. The Labute approximate surface area is 794 Å². The van der Waals surface area contributed by atoms with E-state index in [-0.39, 0.29) is 108 Å². The number of aromatic nitrogens is 6. The molecule has 5 fully saturated rings. The average molecular weight is 1940 g/mol. The van der Waals surface area contributed by atoms with E-state index in [2.05, 4.69) is 52.3 Å². The van der Waals surface area contributed by atoms with Crippen LogP contribution < -0.4 is 0 Å². The summed E-state index contributed by atoms with van der Waals surface area (Å²) in [6.45, 7) is 14.3. The second kappa shape index (κ2) is 49.8. The molecular formula is C102H130F7N13O11S3. The van der Waals surface area contributed by atoms with Crippen LogP contribution >= 0.6 is 0 Å². The van der Waals surface area contributed by atoms with Crippen LogP contribution in [-0.4, -0.2) is 215 Å². The smallest absolute Gasteiger partial charge is 0.274 e. The molecule has 5 aliphatic heterocycles. The predicted octanol–water partition coefficient (Wildman–Crippen LogP) is 17.8. The van der Waals surface area contributed by atoms with Crippen LogP contribution in [0.2, 0.25) is 0 Å². The predicted molar refractivity (Wildman–Crippen MR) is 520 cm³/mol. The topological polar surface area (TPSA) is 321 Å². The Morgan fingerprint density at radius 2 is 0.647 bits per heavy atom. The molecule has 0 atom stereocenters. The number of aromatic amines is 3. The molecule has 34 heteroatoms.